The first-order chi connectivity index (χ1) is 21.1. The van der Waals surface area contributed by atoms with E-state index in [1.54, 1.807) is 0 Å². The molecule has 43 heavy (non-hydrogen) atoms. The molecule has 210 valence electrons. The lowest BCUT2D eigenvalue weighted by Crippen LogP contribution is -2.16. The molecule has 1 aliphatic rings. The van der Waals surface area contributed by atoms with Crippen molar-refractivity contribution < 1.29 is 0 Å². The highest BCUT2D eigenvalue weighted by atomic mass is 15.3. The maximum atomic E-state index is 5.11. The average molecular weight is 558 g/mol. The molecule has 0 saturated heterocycles. The maximum Gasteiger partial charge on any atom is 0.160 e. The van der Waals surface area contributed by atoms with E-state index in [4.69, 9.17) is 5.10 Å². The van der Waals surface area contributed by atoms with Crippen molar-refractivity contribution in [3.05, 3.63) is 151 Å². The van der Waals surface area contributed by atoms with Crippen LogP contribution in [0.4, 0.5) is 17.2 Å². The minimum Gasteiger partial charge on any atom is -0.294 e. The molecule has 0 saturated carbocycles. The standard InChI is InChI=1S/C38H29N3.C2H6/c1-38(2)35-15-9-8-14-33(35)34-21-20-31(23-36(34)38)41(30-18-16-27(17-19-30)26-10-4-3-5-11-26)37-24-32-22-28-12-6-7-13-29(28)25-40(32)39-37;1-2/h3-25H,1-2H3;1-2H3. The lowest BCUT2D eigenvalue weighted by molar-refractivity contribution is 0.660. The maximum absolute atomic E-state index is 5.11. The van der Waals surface area contributed by atoms with Crippen LogP contribution in [-0.4, -0.2) is 9.61 Å². The molecule has 7 aromatic rings. The van der Waals surface area contributed by atoms with Gasteiger partial charge in [-0.05, 0) is 69.1 Å². The smallest absolute Gasteiger partial charge is 0.160 e. The zero-order valence-corrected chi connectivity index (χ0v) is 25.1. The van der Waals surface area contributed by atoms with Gasteiger partial charge in [0.05, 0.1) is 5.52 Å². The Kier molecular flexibility index (Phi) is 6.59. The quantitative estimate of drug-likeness (QED) is 0.215. The lowest BCUT2D eigenvalue weighted by Gasteiger charge is -2.26. The van der Waals surface area contributed by atoms with Crippen molar-refractivity contribution >= 4 is 33.5 Å². The Bertz CT molecular complexity index is 2020. The van der Waals surface area contributed by atoms with Crippen molar-refractivity contribution in [2.75, 3.05) is 4.90 Å². The highest BCUT2D eigenvalue weighted by Gasteiger charge is 2.35. The first-order valence-corrected chi connectivity index (χ1v) is 15.1. The van der Waals surface area contributed by atoms with Gasteiger partial charge in [-0.2, -0.15) is 0 Å². The number of nitrogens with zero attached hydrogens (tertiary/aromatic N) is 3. The second kappa shape index (κ2) is 10.6. The Labute approximate surface area is 253 Å². The predicted octanol–water partition coefficient (Wildman–Crippen LogP) is 11.0. The summed E-state index contributed by atoms with van der Waals surface area (Å²) in [5, 5.41) is 7.49. The largest absolute Gasteiger partial charge is 0.294 e. The summed E-state index contributed by atoms with van der Waals surface area (Å²) >= 11 is 0. The second-order valence-electron chi connectivity index (χ2n) is 11.4. The Hall–Kier alpha value is -5.15. The zero-order chi connectivity index (χ0) is 29.6. The fourth-order valence-corrected chi connectivity index (χ4v) is 6.45. The normalized spacial score (nSPS) is 12.8. The number of benzene rings is 5. The third-order valence-corrected chi connectivity index (χ3v) is 8.60. The third-order valence-electron chi connectivity index (χ3n) is 8.60. The first kappa shape index (κ1) is 26.7. The topological polar surface area (TPSA) is 20.5 Å². The second-order valence-corrected chi connectivity index (χ2v) is 11.4. The summed E-state index contributed by atoms with van der Waals surface area (Å²) in [6.45, 7) is 8.66. The van der Waals surface area contributed by atoms with Crippen molar-refractivity contribution in [1.82, 2.24) is 9.61 Å². The van der Waals surface area contributed by atoms with Crippen LogP contribution in [0.1, 0.15) is 38.8 Å². The molecule has 2 heterocycles. The van der Waals surface area contributed by atoms with Crippen LogP contribution in [0, 0.1) is 0 Å². The van der Waals surface area contributed by atoms with Crippen molar-refractivity contribution in [1.29, 1.82) is 0 Å². The van der Waals surface area contributed by atoms with Gasteiger partial charge in [0, 0.05) is 34.4 Å². The van der Waals surface area contributed by atoms with Gasteiger partial charge >= 0.3 is 0 Å². The van der Waals surface area contributed by atoms with Crippen LogP contribution in [-0.2, 0) is 5.41 Å². The Balaban J connectivity index is 0.00000147. The summed E-state index contributed by atoms with van der Waals surface area (Å²) < 4.78 is 2.00. The van der Waals surface area contributed by atoms with Crippen LogP contribution in [0.15, 0.2) is 140 Å². The summed E-state index contributed by atoms with van der Waals surface area (Å²) in [6, 6.07) is 47.9. The molecular formula is C40H35N3. The van der Waals surface area contributed by atoms with E-state index in [-0.39, 0.29) is 5.41 Å². The summed E-state index contributed by atoms with van der Waals surface area (Å²) in [7, 11) is 0. The molecule has 2 aromatic heterocycles. The molecular weight excluding hydrogens is 522 g/mol. The number of pyridine rings is 1. The number of fused-ring (bicyclic) bond motifs is 5. The SMILES string of the molecule is CC.CC1(C)c2ccccc2-c2ccc(N(c3ccc(-c4ccccc4)cc3)c3cc4cc5ccccc5cn4n3)cc21. The monoisotopic (exact) mass is 557 g/mol. The van der Waals surface area contributed by atoms with E-state index < -0.39 is 0 Å². The molecule has 0 bridgehead atoms. The van der Waals surface area contributed by atoms with Crippen LogP contribution >= 0.6 is 0 Å². The predicted molar refractivity (Wildman–Crippen MR) is 182 cm³/mol. The average Bonchev–Trinajstić information content (AvgIpc) is 3.57. The van der Waals surface area contributed by atoms with Gasteiger partial charge in [-0.15, -0.1) is 5.10 Å². The van der Waals surface area contributed by atoms with Crippen LogP contribution < -0.4 is 4.90 Å². The molecule has 3 nitrogen and oxygen atoms in total. The lowest BCUT2D eigenvalue weighted by atomic mass is 9.82. The summed E-state index contributed by atoms with van der Waals surface area (Å²) in [5.41, 5.74) is 10.9. The summed E-state index contributed by atoms with van der Waals surface area (Å²) in [6.07, 6.45) is 2.12. The van der Waals surface area contributed by atoms with E-state index in [9.17, 15) is 0 Å². The minimum absolute atomic E-state index is 0.0819. The van der Waals surface area contributed by atoms with E-state index in [2.05, 4.69) is 158 Å². The number of hydrogen-bond donors (Lipinski definition) is 0. The number of anilines is 3. The number of rotatable bonds is 4. The fourth-order valence-electron chi connectivity index (χ4n) is 6.45. The first-order valence-electron chi connectivity index (χ1n) is 15.1. The van der Waals surface area contributed by atoms with Crippen molar-refractivity contribution in [3.8, 4) is 22.3 Å². The van der Waals surface area contributed by atoms with Gasteiger partial charge in [-0.3, -0.25) is 4.90 Å². The Morgan fingerprint density at radius 2 is 1.19 bits per heavy atom. The van der Waals surface area contributed by atoms with Crippen LogP contribution in [0.25, 0.3) is 38.5 Å². The van der Waals surface area contributed by atoms with Crippen molar-refractivity contribution in [3.63, 3.8) is 0 Å². The van der Waals surface area contributed by atoms with Gasteiger partial charge in [0.25, 0.3) is 0 Å². The molecule has 0 atom stereocenters. The minimum atomic E-state index is -0.0819. The van der Waals surface area contributed by atoms with E-state index in [1.165, 1.54) is 44.2 Å². The molecule has 1 aliphatic carbocycles. The van der Waals surface area contributed by atoms with Gasteiger partial charge in [-0.1, -0.05) is 125 Å². The van der Waals surface area contributed by atoms with Crippen molar-refractivity contribution in [2.24, 2.45) is 0 Å². The molecule has 0 aliphatic heterocycles. The van der Waals surface area contributed by atoms with E-state index in [1.807, 2.05) is 18.4 Å². The van der Waals surface area contributed by atoms with E-state index >= 15 is 0 Å². The van der Waals surface area contributed by atoms with Crippen LogP contribution in [0.2, 0.25) is 0 Å². The van der Waals surface area contributed by atoms with Gasteiger partial charge in [0.1, 0.15) is 0 Å². The molecule has 3 heteroatoms. The molecule has 5 aromatic carbocycles. The van der Waals surface area contributed by atoms with Gasteiger partial charge in [0.15, 0.2) is 5.82 Å². The molecule has 0 unspecified atom stereocenters. The third kappa shape index (κ3) is 4.49. The zero-order valence-electron chi connectivity index (χ0n) is 25.1. The van der Waals surface area contributed by atoms with Gasteiger partial charge in [-0.25, -0.2) is 4.52 Å². The van der Waals surface area contributed by atoms with Gasteiger partial charge < -0.3 is 0 Å². The van der Waals surface area contributed by atoms with E-state index in [0.29, 0.717) is 0 Å². The molecule has 0 spiro atoms. The summed E-state index contributed by atoms with van der Waals surface area (Å²) in [4.78, 5) is 2.28. The fraction of sp³-hybridized carbons (Fsp3) is 0.125. The Morgan fingerprint density at radius 3 is 1.98 bits per heavy atom. The van der Waals surface area contributed by atoms with Gasteiger partial charge in [0.2, 0.25) is 0 Å². The number of aromatic nitrogens is 2. The summed E-state index contributed by atoms with van der Waals surface area (Å²) in [5.74, 6) is 0.890. The number of hydrogen-bond acceptors (Lipinski definition) is 2. The molecule has 8 rings (SSSR count). The van der Waals surface area contributed by atoms with Crippen molar-refractivity contribution in [2.45, 2.75) is 33.1 Å². The van der Waals surface area contributed by atoms with Crippen LogP contribution in [0.5, 0.6) is 0 Å². The molecule has 0 fully saturated rings. The Morgan fingerprint density at radius 1 is 0.558 bits per heavy atom. The highest BCUT2D eigenvalue weighted by Crippen LogP contribution is 2.50. The van der Waals surface area contributed by atoms with E-state index in [0.717, 1.165) is 22.7 Å². The molecule has 0 amide bonds. The van der Waals surface area contributed by atoms with Crippen LogP contribution in [0.3, 0.4) is 0 Å². The molecule has 0 radical (unpaired) electrons. The highest BCUT2D eigenvalue weighted by molar-refractivity contribution is 5.88. The molecule has 0 N–H and O–H groups in total.